The second-order valence-electron chi connectivity index (χ2n) is 5.09. The van der Waals surface area contributed by atoms with Gasteiger partial charge in [-0.1, -0.05) is 18.2 Å². The Morgan fingerprint density at radius 2 is 2.12 bits per heavy atom. The molecule has 1 aromatic carbocycles. The Morgan fingerprint density at radius 3 is 2.81 bits per heavy atom. The number of halogens is 1. The highest BCUT2D eigenvalue weighted by Crippen LogP contribution is 2.38. The molecule has 1 aliphatic rings. The van der Waals surface area contributed by atoms with Gasteiger partial charge < -0.3 is 5.32 Å². The summed E-state index contributed by atoms with van der Waals surface area (Å²) in [4.78, 5) is 0. The third kappa shape index (κ3) is 1.99. The van der Waals surface area contributed by atoms with Crippen molar-refractivity contribution in [3.05, 3.63) is 34.9 Å². The van der Waals surface area contributed by atoms with Crippen LogP contribution in [-0.2, 0) is 0 Å². The molecular weight excluding hydrogens is 201 g/mol. The zero-order valence-corrected chi connectivity index (χ0v) is 10.3. The summed E-state index contributed by atoms with van der Waals surface area (Å²) in [5.74, 6) is 0.0358. The molecule has 0 spiro atoms. The maximum absolute atomic E-state index is 14.5. The van der Waals surface area contributed by atoms with E-state index in [-0.39, 0.29) is 5.92 Å². The lowest BCUT2D eigenvalue weighted by molar-refractivity contribution is 0.114. The lowest BCUT2D eigenvalue weighted by atomic mass is 9.78. The van der Waals surface area contributed by atoms with Crippen LogP contribution in [0.5, 0.6) is 0 Å². The zero-order chi connectivity index (χ0) is 11.8. The smallest absolute Gasteiger partial charge is 0.127 e. The van der Waals surface area contributed by atoms with Gasteiger partial charge in [0.2, 0.25) is 0 Å². The molecule has 0 amide bonds. The quantitative estimate of drug-likeness (QED) is 0.768. The van der Waals surface area contributed by atoms with Crippen LogP contribution in [0.25, 0.3) is 0 Å². The van der Waals surface area contributed by atoms with E-state index in [4.69, 9.17) is 0 Å². The van der Waals surface area contributed by atoms with Gasteiger partial charge in [0.25, 0.3) is 0 Å². The van der Waals surface area contributed by atoms with Crippen molar-refractivity contribution in [3.63, 3.8) is 0 Å². The van der Waals surface area contributed by atoms with Crippen molar-refractivity contribution >= 4 is 0 Å². The largest absolute Gasteiger partial charge is 0.314 e. The van der Waals surface area contributed by atoms with E-state index in [9.17, 15) is 4.39 Å². The van der Waals surface area contributed by atoms with Crippen LogP contribution < -0.4 is 5.32 Å². The first kappa shape index (κ1) is 11.6. The van der Waals surface area contributed by atoms with Gasteiger partial charge in [-0.25, -0.2) is 4.39 Å². The first-order valence-electron chi connectivity index (χ1n) is 5.98. The van der Waals surface area contributed by atoms with Crippen molar-refractivity contribution in [1.29, 1.82) is 0 Å². The van der Waals surface area contributed by atoms with Gasteiger partial charge in [-0.3, -0.25) is 0 Å². The highest BCUT2D eigenvalue weighted by atomic mass is 19.1. The summed E-state index contributed by atoms with van der Waals surface area (Å²) >= 11 is 0. The maximum Gasteiger partial charge on any atom is 0.127 e. The van der Waals surface area contributed by atoms with Crippen molar-refractivity contribution < 1.29 is 4.39 Å². The topological polar surface area (TPSA) is 12.0 Å². The normalized spacial score (nSPS) is 30.4. The van der Waals surface area contributed by atoms with E-state index >= 15 is 0 Å². The van der Waals surface area contributed by atoms with Crippen LogP contribution >= 0.6 is 0 Å². The number of alkyl halides is 1. The summed E-state index contributed by atoms with van der Waals surface area (Å²) in [5.41, 5.74) is 2.56. The average Bonchev–Trinajstić information content (AvgIpc) is 2.22. The Kier molecular flexibility index (Phi) is 3.02. The van der Waals surface area contributed by atoms with E-state index in [0.717, 1.165) is 13.0 Å². The first-order valence-corrected chi connectivity index (χ1v) is 5.98. The van der Waals surface area contributed by atoms with E-state index < -0.39 is 5.67 Å². The van der Waals surface area contributed by atoms with Crippen molar-refractivity contribution in [2.45, 2.75) is 38.8 Å². The Morgan fingerprint density at radius 1 is 1.38 bits per heavy atom. The Bertz CT molecular complexity index is 384. The average molecular weight is 221 g/mol. The minimum absolute atomic E-state index is 0.0358. The molecule has 0 bridgehead atoms. The highest BCUT2D eigenvalue weighted by molar-refractivity contribution is 5.37. The summed E-state index contributed by atoms with van der Waals surface area (Å²) in [7, 11) is 0. The van der Waals surface area contributed by atoms with Crippen LogP contribution in [-0.4, -0.2) is 18.8 Å². The van der Waals surface area contributed by atoms with Gasteiger partial charge >= 0.3 is 0 Å². The first-order chi connectivity index (χ1) is 7.52. The fourth-order valence-electron chi connectivity index (χ4n) is 2.63. The number of hydrogen-bond donors (Lipinski definition) is 1. The van der Waals surface area contributed by atoms with E-state index in [1.807, 2.05) is 6.07 Å². The number of hydrogen-bond acceptors (Lipinski definition) is 1. The lowest BCUT2D eigenvalue weighted by Crippen LogP contribution is -2.45. The maximum atomic E-state index is 14.5. The van der Waals surface area contributed by atoms with Gasteiger partial charge in [-0.2, -0.15) is 0 Å². The summed E-state index contributed by atoms with van der Waals surface area (Å²) in [6, 6.07) is 6.21. The van der Waals surface area contributed by atoms with E-state index in [2.05, 4.69) is 31.3 Å². The Labute approximate surface area is 97.1 Å². The molecule has 1 saturated heterocycles. The van der Waals surface area contributed by atoms with Crippen molar-refractivity contribution in [2.24, 2.45) is 0 Å². The molecule has 2 atom stereocenters. The molecule has 0 aliphatic carbocycles. The summed E-state index contributed by atoms with van der Waals surface area (Å²) < 4.78 is 14.5. The van der Waals surface area contributed by atoms with Gasteiger partial charge in [-0.05, 0) is 50.4 Å². The molecule has 2 rings (SSSR count). The van der Waals surface area contributed by atoms with Crippen molar-refractivity contribution in [1.82, 2.24) is 5.32 Å². The molecule has 1 N–H and O–H groups in total. The summed E-state index contributed by atoms with van der Waals surface area (Å²) in [6.07, 6.45) is 0.886. The van der Waals surface area contributed by atoms with E-state index in [0.29, 0.717) is 6.54 Å². The molecule has 1 heterocycles. The molecule has 2 unspecified atom stereocenters. The molecule has 1 fully saturated rings. The van der Waals surface area contributed by atoms with E-state index in [1.54, 1.807) is 6.92 Å². The molecule has 1 nitrogen and oxygen atoms in total. The SMILES string of the molecule is Cc1cccc(C2CCNCC2(C)F)c1C. The van der Waals surface area contributed by atoms with Crippen LogP contribution in [0.2, 0.25) is 0 Å². The number of nitrogens with one attached hydrogen (secondary N) is 1. The molecule has 1 aliphatic heterocycles. The lowest BCUT2D eigenvalue weighted by Gasteiger charge is -2.36. The van der Waals surface area contributed by atoms with Gasteiger partial charge in [0.15, 0.2) is 0 Å². The predicted molar refractivity (Wildman–Crippen MR) is 65.7 cm³/mol. The Balaban J connectivity index is 2.39. The molecule has 0 saturated carbocycles. The fraction of sp³-hybridized carbons (Fsp3) is 0.571. The number of rotatable bonds is 1. The molecule has 88 valence electrons. The predicted octanol–water partition coefficient (Wildman–Crippen LogP) is 3.11. The van der Waals surface area contributed by atoms with Gasteiger partial charge in [-0.15, -0.1) is 0 Å². The van der Waals surface area contributed by atoms with Gasteiger partial charge in [0, 0.05) is 12.5 Å². The summed E-state index contributed by atoms with van der Waals surface area (Å²) in [5, 5.41) is 3.13. The highest BCUT2D eigenvalue weighted by Gasteiger charge is 2.38. The molecule has 1 aromatic rings. The van der Waals surface area contributed by atoms with Gasteiger partial charge in [0.05, 0.1) is 0 Å². The number of piperidine rings is 1. The Hall–Kier alpha value is -0.890. The summed E-state index contributed by atoms with van der Waals surface area (Å²) in [6.45, 7) is 7.28. The zero-order valence-electron chi connectivity index (χ0n) is 10.3. The van der Waals surface area contributed by atoms with Crippen molar-refractivity contribution in [3.8, 4) is 0 Å². The van der Waals surface area contributed by atoms with Crippen LogP contribution in [0.1, 0.15) is 36.0 Å². The molecular formula is C14H20FN. The fourth-order valence-corrected chi connectivity index (χ4v) is 2.63. The minimum atomic E-state index is -1.13. The second kappa shape index (κ2) is 4.17. The molecule has 16 heavy (non-hydrogen) atoms. The van der Waals surface area contributed by atoms with Gasteiger partial charge in [0.1, 0.15) is 5.67 Å². The monoisotopic (exact) mass is 221 g/mol. The second-order valence-corrected chi connectivity index (χ2v) is 5.09. The van der Waals surface area contributed by atoms with Crippen LogP contribution in [0.3, 0.4) is 0 Å². The number of benzene rings is 1. The standard InChI is InChI=1S/C14H20FN/c1-10-5-4-6-12(11(10)2)13-7-8-16-9-14(13,3)15/h4-6,13,16H,7-9H2,1-3H3. The molecule has 0 radical (unpaired) electrons. The minimum Gasteiger partial charge on any atom is -0.314 e. The third-order valence-corrected chi connectivity index (χ3v) is 3.83. The third-order valence-electron chi connectivity index (χ3n) is 3.83. The van der Waals surface area contributed by atoms with E-state index in [1.165, 1.54) is 16.7 Å². The number of aryl methyl sites for hydroxylation is 1. The van der Waals surface area contributed by atoms with Crippen LogP contribution in [0.4, 0.5) is 4.39 Å². The van der Waals surface area contributed by atoms with Crippen molar-refractivity contribution in [2.75, 3.05) is 13.1 Å². The van der Waals surface area contributed by atoms with Crippen LogP contribution in [0.15, 0.2) is 18.2 Å². The molecule has 2 heteroatoms. The van der Waals surface area contributed by atoms with Crippen LogP contribution in [0, 0.1) is 13.8 Å². The molecule has 0 aromatic heterocycles.